The van der Waals surface area contributed by atoms with Crippen LogP contribution in [-0.4, -0.2) is 23.7 Å². The van der Waals surface area contributed by atoms with E-state index in [-0.39, 0.29) is 11.6 Å². The van der Waals surface area contributed by atoms with E-state index in [4.69, 9.17) is 4.74 Å². The van der Waals surface area contributed by atoms with Crippen molar-refractivity contribution >= 4 is 29.1 Å². The lowest BCUT2D eigenvalue weighted by Crippen LogP contribution is -2.21. The first-order valence-electron chi connectivity index (χ1n) is 9.16. The highest BCUT2D eigenvalue weighted by Gasteiger charge is 2.32. The minimum Gasteiger partial charge on any atom is -0.497 e. The fourth-order valence-electron chi connectivity index (χ4n) is 3.11. The fraction of sp³-hybridized carbons (Fsp3) is 0.0435. The number of nitro groups is 1. The monoisotopic (exact) mass is 399 g/mol. The van der Waals surface area contributed by atoms with E-state index in [0.29, 0.717) is 28.3 Å². The largest absolute Gasteiger partial charge is 0.497 e. The van der Waals surface area contributed by atoms with Gasteiger partial charge in [-0.25, -0.2) is 0 Å². The lowest BCUT2D eigenvalue weighted by atomic mass is 10.00. The molecule has 148 valence electrons. The smallest absolute Gasteiger partial charge is 0.281 e. The van der Waals surface area contributed by atoms with Crippen LogP contribution in [0.2, 0.25) is 0 Å². The summed E-state index contributed by atoms with van der Waals surface area (Å²) in [6, 6.07) is 22.5. The van der Waals surface area contributed by atoms with Crippen molar-refractivity contribution in [2.24, 2.45) is 5.10 Å². The number of carbonyl (C=O) groups excluding carboxylic acids is 1. The summed E-state index contributed by atoms with van der Waals surface area (Å²) in [4.78, 5) is 23.6. The fourth-order valence-corrected chi connectivity index (χ4v) is 3.11. The minimum absolute atomic E-state index is 0.00939. The second kappa shape index (κ2) is 8.00. The van der Waals surface area contributed by atoms with Crippen molar-refractivity contribution in [2.75, 3.05) is 12.1 Å². The maximum atomic E-state index is 13.2. The number of carbonyl (C=O) groups is 1. The minimum atomic E-state index is -0.459. The van der Waals surface area contributed by atoms with Gasteiger partial charge in [0.1, 0.15) is 11.5 Å². The van der Waals surface area contributed by atoms with Gasteiger partial charge in [0.15, 0.2) is 0 Å². The number of hydrogen-bond acceptors (Lipinski definition) is 5. The molecule has 30 heavy (non-hydrogen) atoms. The second-order valence-corrected chi connectivity index (χ2v) is 6.54. The number of non-ortho nitro benzene ring substituents is 1. The molecular weight excluding hydrogens is 382 g/mol. The van der Waals surface area contributed by atoms with Crippen molar-refractivity contribution in [3.8, 4) is 5.75 Å². The number of methoxy groups -OCH3 is 1. The van der Waals surface area contributed by atoms with Crippen molar-refractivity contribution in [3.05, 3.63) is 106 Å². The van der Waals surface area contributed by atoms with Crippen molar-refractivity contribution in [1.29, 1.82) is 0 Å². The van der Waals surface area contributed by atoms with Crippen LogP contribution in [0.4, 0.5) is 11.4 Å². The van der Waals surface area contributed by atoms with Crippen LogP contribution in [0.15, 0.2) is 89.5 Å². The first kappa shape index (κ1) is 19.1. The predicted molar refractivity (Wildman–Crippen MR) is 115 cm³/mol. The molecule has 7 heteroatoms. The lowest BCUT2D eigenvalue weighted by Gasteiger charge is -2.10. The summed E-state index contributed by atoms with van der Waals surface area (Å²) in [6.07, 6.45) is 1.69. The van der Waals surface area contributed by atoms with E-state index in [1.54, 1.807) is 37.5 Å². The van der Waals surface area contributed by atoms with Gasteiger partial charge in [0.05, 0.1) is 23.3 Å². The van der Waals surface area contributed by atoms with Gasteiger partial charge in [-0.05, 0) is 60.2 Å². The van der Waals surface area contributed by atoms with Crippen LogP contribution in [-0.2, 0) is 4.79 Å². The highest BCUT2D eigenvalue weighted by atomic mass is 16.6. The van der Waals surface area contributed by atoms with Crippen LogP contribution in [0.3, 0.4) is 0 Å². The summed E-state index contributed by atoms with van der Waals surface area (Å²) in [7, 11) is 1.59. The third kappa shape index (κ3) is 3.68. The number of amides is 1. The molecule has 3 aromatic carbocycles. The van der Waals surface area contributed by atoms with Crippen LogP contribution >= 0.6 is 0 Å². The topological polar surface area (TPSA) is 85.0 Å². The van der Waals surface area contributed by atoms with Gasteiger partial charge in [-0.2, -0.15) is 10.1 Å². The first-order chi connectivity index (χ1) is 14.6. The quantitative estimate of drug-likeness (QED) is 0.361. The predicted octanol–water partition coefficient (Wildman–Crippen LogP) is 4.44. The molecule has 1 heterocycles. The van der Waals surface area contributed by atoms with Crippen LogP contribution < -0.4 is 9.75 Å². The van der Waals surface area contributed by atoms with Crippen molar-refractivity contribution in [2.45, 2.75) is 0 Å². The third-order valence-corrected chi connectivity index (χ3v) is 4.66. The zero-order valence-electron chi connectivity index (χ0n) is 16.1. The highest BCUT2D eigenvalue weighted by Crippen LogP contribution is 2.28. The molecule has 1 aliphatic rings. The van der Waals surface area contributed by atoms with E-state index in [9.17, 15) is 14.9 Å². The Morgan fingerprint density at radius 1 is 0.967 bits per heavy atom. The number of nitro benzene ring substituents is 1. The molecule has 0 radical (unpaired) electrons. The summed E-state index contributed by atoms with van der Waals surface area (Å²) >= 11 is 0. The molecule has 3 aromatic rings. The molecule has 1 amide bonds. The maximum Gasteiger partial charge on any atom is 0.281 e. The summed E-state index contributed by atoms with van der Waals surface area (Å²) < 4.78 is 5.21. The normalized spacial score (nSPS) is 14.7. The average molecular weight is 399 g/mol. The second-order valence-electron chi connectivity index (χ2n) is 6.54. The van der Waals surface area contributed by atoms with Crippen LogP contribution in [0.25, 0.3) is 6.08 Å². The van der Waals surface area contributed by atoms with Crippen molar-refractivity contribution < 1.29 is 14.5 Å². The number of benzene rings is 3. The first-order valence-corrected chi connectivity index (χ1v) is 9.16. The third-order valence-electron chi connectivity index (χ3n) is 4.66. The summed E-state index contributed by atoms with van der Waals surface area (Å²) in [5, 5.41) is 16.8. The molecule has 0 saturated heterocycles. The molecule has 0 atom stereocenters. The number of ether oxygens (including phenoxy) is 1. The van der Waals surface area contributed by atoms with Crippen molar-refractivity contribution in [3.63, 3.8) is 0 Å². The van der Waals surface area contributed by atoms with Gasteiger partial charge in [-0.15, -0.1) is 0 Å². The molecule has 0 bridgehead atoms. The molecule has 0 saturated carbocycles. The standard InChI is InChI=1S/C23H17N3O4/c1-30-20-13-9-17(10-14-20)22-21(15-16-7-11-19(12-8-16)26(28)29)23(27)25(24-22)18-5-3-2-4-6-18/h2-15H,1H3/b21-15-. The average Bonchev–Trinajstić information content (AvgIpc) is 3.11. The molecule has 0 N–H and O–H groups in total. The zero-order valence-corrected chi connectivity index (χ0v) is 16.1. The molecule has 1 aliphatic heterocycles. The van der Waals surface area contributed by atoms with E-state index in [1.165, 1.54) is 17.1 Å². The van der Waals surface area contributed by atoms with Gasteiger partial charge in [-0.1, -0.05) is 18.2 Å². The SMILES string of the molecule is COc1ccc(C2=NN(c3ccccc3)C(=O)/C2=C\c2ccc([N+](=O)[O-])cc2)cc1. The van der Waals surface area contributed by atoms with Gasteiger partial charge in [0, 0.05) is 17.7 Å². The molecule has 7 nitrogen and oxygen atoms in total. The van der Waals surface area contributed by atoms with E-state index in [2.05, 4.69) is 5.10 Å². The highest BCUT2D eigenvalue weighted by molar-refractivity contribution is 6.37. The molecule has 0 aromatic heterocycles. The van der Waals surface area contributed by atoms with Crippen LogP contribution in [0.5, 0.6) is 5.75 Å². The molecular formula is C23H17N3O4. The molecule has 4 rings (SSSR count). The lowest BCUT2D eigenvalue weighted by molar-refractivity contribution is -0.384. The summed E-state index contributed by atoms with van der Waals surface area (Å²) in [6.45, 7) is 0. The van der Waals surface area contributed by atoms with Crippen LogP contribution in [0, 0.1) is 10.1 Å². The Bertz CT molecular complexity index is 1150. The van der Waals surface area contributed by atoms with E-state index >= 15 is 0 Å². The number of anilines is 1. The number of nitrogens with zero attached hydrogens (tertiary/aromatic N) is 3. The molecule has 0 fully saturated rings. The summed E-state index contributed by atoms with van der Waals surface area (Å²) in [5.74, 6) is 0.426. The Balaban J connectivity index is 1.78. The number of hydrazone groups is 1. The van der Waals surface area contributed by atoms with Gasteiger partial charge in [-0.3, -0.25) is 14.9 Å². The van der Waals surface area contributed by atoms with Gasteiger partial charge in [0.25, 0.3) is 11.6 Å². The molecule has 0 aliphatic carbocycles. The Hall–Kier alpha value is -4.26. The maximum absolute atomic E-state index is 13.2. The Labute approximate surface area is 172 Å². The van der Waals surface area contributed by atoms with Gasteiger partial charge in [0.2, 0.25) is 0 Å². The zero-order chi connectivity index (χ0) is 21.1. The van der Waals surface area contributed by atoms with Gasteiger partial charge >= 0.3 is 0 Å². The van der Waals surface area contributed by atoms with Crippen molar-refractivity contribution in [1.82, 2.24) is 0 Å². The molecule has 0 spiro atoms. The van der Waals surface area contributed by atoms with E-state index in [1.807, 2.05) is 42.5 Å². The number of para-hydroxylation sites is 1. The van der Waals surface area contributed by atoms with E-state index in [0.717, 1.165) is 5.56 Å². The Morgan fingerprint density at radius 3 is 2.23 bits per heavy atom. The Kier molecular flexibility index (Phi) is 5.09. The molecule has 0 unspecified atom stereocenters. The van der Waals surface area contributed by atoms with Gasteiger partial charge < -0.3 is 4.74 Å². The van der Waals surface area contributed by atoms with Crippen LogP contribution in [0.1, 0.15) is 11.1 Å². The number of rotatable bonds is 5. The number of hydrogen-bond donors (Lipinski definition) is 0. The summed E-state index contributed by atoms with van der Waals surface area (Å²) in [5.41, 5.74) is 2.99. The Morgan fingerprint density at radius 2 is 1.63 bits per heavy atom. The van der Waals surface area contributed by atoms with E-state index < -0.39 is 4.92 Å².